The van der Waals surface area contributed by atoms with Crippen molar-refractivity contribution in [1.29, 1.82) is 0 Å². The predicted octanol–water partition coefficient (Wildman–Crippen LogP) is 2.64. The first-order valence-electron chi connectivity index (χ1n) is 9.06. The molecule has 1 aromatic carbocycles. The molecule has 6 atom stereocenters. The van der Waals surface area contributed by atoms with Crippen LogP contribution in [0, 0.1) is 42.4 Å². The van der Waals surface area contributed by atoms with Gasteiger partial charge in [0.05, 0.1) is 11.8 Å². The standard InChI is InChI=1S/C20H19ClN2O3/c1-9-14(21)3-2-4-15(9)22-16(24)8-23-19(25)17-10-5-6-11(13-7-12(10)13)18(17)20(23)26/h2-6,10-13,17-18H,7-8H2,1H3,(H,22,24)/t10-,11-,12-,13-,17+,18+/m1/s1. The van der Waals surface area contributed by atoms with Crippen LogP contribution in [0.15, 0.2) is 30.4 Å². The summed E-state index contributed by atoms with van der Waals surface area (Å²) in [7, 11) is 0. The molecule has 1 N–H and O–H groups in total. The zero-order valence-corrected chi connectivity index (χ0v) is 15.1. The van der Waals surface area contributed by atoms with E-state index in [1.54, 1.807) is 18.2 Å². The molecule has 3 fully saturated rings. The minimum Gasteiger partial charge on any atom is -0.324 e. The summed E-state index contributed by atoms with van der Waals surface area (Å²) in [5.41, 5.74) is 1.36. The summed E-state index contributed by atoms with van der Waals surface area (Å²) >= 11 is 6.08. The van der Waals surface area contributed by atoms with Gasteiger partial charge in [0, 0.05) is 10.7 Å². The van der Waals surface area contributed by atoms with Crippen molar-refractivity contribution in [2.45, 2.75) is 13.3 Å². The lowest BCUT2D eigenvalue weighted by Crippen LogP contribution is -2.40. The van der Waals surface area contributed by atoms with E-state index in [-0.39, 0.29) is 47.9 Å². The summed E-state index contributed by atoms with van der Waals surface area (Å²) in [6, 6.07) is 5.25. The van der Waals surface area contributed by atoms with E-state index in [1.165, 1.54) is 4.90 Å². The van der Waals surface area contributed by atoms with Crippen LogP contribution in [0.3, 0.4) is 0 Å². The topological polar surface area (TPSA) is 66.5 Å². The van der Waals surface area contributed by atoms with Gasteiger partial charge < -0.3 is 5.32 Å². The molecule has 6 heteroatoms. The summed E-state index contributed by atoms with van der Waals surface area (Å²) in [6.45, 7) is 1.58. The second-order valence-corrected chi connectivity index (χ2v) is 8.28. The fourth-order valence-electron chi connectivity index (χ4n) is 5.25. The van der Waals surface area contributed by atoms with Gasteiger partial charge in [0.25, 0.3) is 0 Å². The van der Waals surface area contributed by atoms with Gasteiger partial charge in [-0.3, -0.25) is 19.3 Å². The van der Waals surface area contributed by atoms with E-state index < -0.39 is 0 Å². The molecule has 3 amide bonds. The molecule has 26 heavy (non-hydrogen) atoms. The number of rotatable bonds is 3. The van der Waals surface area contributed by atoms with Crippen LogP contribution in [0.25, 0.3) is 0 Å². The Hall–Kier alpha value is -2.14. The average molecular weight is 371 g/mol. The van der Waals surface area contributed by atoms with Gasteiger partial charge in [0.1, 0.15) is 6.54 Å². The Morgan fingerprint density at radius 1 is 1.15 bits per heavy atom. The van der Waals surface area contributed by atoms with E-state index in [2.05, 4.69) is 17.5 Å². The summed E-state index contributed by atoms with van der Waals surface area (Å²) < 4.78 is 0. The van der Waals surface area contributed by atoms with E-state index in [0.717, 1.165) is 12.0 Å². The Bertz CT molecular complexity index is 844. The van der Waals surface area contributed by atoms with Gasteiger partial charge in [0.2, 0.25) is 17.7 Å². The third-order valence-electron chi connectivity index (χ3n) is 6.60. The molecular formula is C20H19ClN2O3. The Balaban J connectivity index is 1.34. The number of benzene rings is 1. The third kappa shape index (κ3) is 2.13. The normalized spacial score (nSPS) is 36.2. The maximum atomic E-state index is 12.9. The number of imide groups is 1. The highest BCUT2D eigenvalue weighted by molar-refractivity contribution is 6.31. The van der Waals surface area contributed by atoms with E-state index in [4.69, 9.17) is 11.6 Å². The van der Waals surface area contributed by atoms with Crippen molar-refractivity contribution in [3.8, 4) is 0 Å². The zero-order valence-electron chi connectivity index (χ0n) is 14.3. The fourth-order valence-corrected chi connectivity index (χ4v) is 5.43. The lowest BCUT2D eigenvalue weighted by molar-refractivity contribution is -0.142. The summed E-state index contributed by atoms with van der Waals surface area (Å²) in [5, 5.41) is 3.33. The SMILES string of the molecule is Cc1c(Cl)cccc1NC(=O)CN1C(=O)[C@H]2[C@@H]3C=C[C@H]([C@H]4C[C@H]34)[C@@H]2C1=O. The molecule has 1 aliphatic heterocycles. The molecule has 1 saturated heterocycles. The van der Waals surface area contributed by atoms with Gasteiger partial charge in [-0.2, -0.15) is 0 Å². The minimum atomic E-state index is -0.374. The molecule has 2 saturated carbocycles. The highest BCUT2D eigenvalue weighted by atomic mass is 35.5. The van der Waals surface area contributed by atoms with Crippen molar-refractivity contribution in [1.82, 2.24) is 4.90 Å². The monoisotopic (exact) mass is 370 g/mol. The van der Waals surface area contributed by atoms with Crippen LogP contribution < -0.4 is 5.32 Å². The predicted molar refractivity (Wildman–Crippen MR) is 96.2 cm³/mol. The fraction of sp³-hybridized carbons (Fsp3) is 0.450. The molecule has 4 aliphatic carbocycles. The van der Waals surface area contributed by atoms with Crippen LogP contribution in [-0.2, 0) is 14.4 Å². The number of hydrogen-bond donors (Lipinski definition) is 1. The number of nitrogens with one attached hydrogen (secondary N) is 1. The van der Waals surface area contributed by atoms with E-state index in [9.17, 15) is 14.4 Å². The van der Waals surface area contributed by atoms with Crippen LogP contribution in [0.1, 0.15) is 12.0 Å². The quantitative estimate of drug-likeness (QED) is 0.657. The number of likely N-dealkylation sites (tertiary alicyclic amines) is 1. The van der Waals surface area contributed by atoms with E-state index in [0.29, 0.717) is 22.5 Å². The first kappa shape index (κ1) is 16.1. The number of carbonyl (C=O) groups excluding carboxylic acids is 3. The molecule has 1 aromatic rings. The van der Waals surface area contributed by atoms with Crippen molar-refractivity contribution in [3.05, 3.63) is 40.9 Å². The van der Waals surface area contributed by atoms with Crippen LogP contribution in [0.2, 0.25) is 5.02 Å². The lowest BCUT2D eigenvalue weighted by Gasteiger charge is -2.37. The van der Waals surface area contributed by atoms with Crippen LogP contribution >= 0.6 is 11.6 Å². The van der Waals surface area contributed by atoms with Crippen LogP contribution in [0.4, 0.5) is 5.69 Å². The van der Waals surface area contributed by atoms with Gasteiger partial charge in [-0.05, 0) is 54.7 Å². The molecule has 0 spiro atoms. The molecule has 1 heterocycles. The van der Waals surface area contributed by atoms with Gasteiger partial charge in [0.15, 0.2) is 0 Å². The van der Waals surface area contributed by atoms with Crippen molar-refractivity contribution in [2.24, 2.45) is 35.5 Å². The Morgan fingerprint density at radius 3 is 2.38 bits per heavy atom. The van der Waals surface area contributed by atoms with Gasteiger partial charge in [-0.1, -0.05) is 29.8 Å². The highest BCUT2D eigenvalue weighted by Gasteiger charge is 2.67. The minimum absolute atomic E-state index is 0.176. The van der Waals surface area contributed by atoms with Crippen molar-refractivity contribution < 1.29 is 14.4 Å². The van der Waals surface area contributed by atoms with Gasteiger partial charge in [-0.15, -0.1) is 0 Å². The molecule has 0 aromatic heterocycles. The second kappa shape index (κ2) is 5.43. The zero-order chi connectivity index (χ0) is 18.2. The molecule has 0 radical (unpaired) electrons. The number of halogens is 1. The van der Waals surface area contributed by atoms with Crippen LogP contribution in [-0.4, -0.2) is 29.2 Å². The molecule has 0 unspecified atom stereocenters. The third-order valence-corrected chi connectivity index (χ3v) is 7.01. The average Bonchev–Trinajstić information content (AvgIpc) is 3.40. The molecule has 6 rings (SSSR count). The Kier molecular flexibility index (Phi) is 3.35. The number of hydrogen-bond acceptors (Lipinski definition) is 3. The van der Waals surface area contributed by atoms with Crippen LogP contribution in [0.5, 0.6) is 0 Å². The molecule has 134 valence electrons. The van der Waals surface area contributed by atoms with E-state index in [1.807, 2.05) is 6.92 Å². The number of amides is 3. The lowest BCUT2D eigenvalue weighted by atomic mass is 9.63. The van der Waals surface area contributed by atoms with Gasteiger partial charge >= 0.3 is 0 Å². The largest absolute Gasteiger partial charge is 0.324 e. The number of anilines is 1. The number of allylic oxidation sites excluding steroid dienone is 2. The van der Waals surface area contributed by atoms with Crippen molar-refractivity contribution in [3.63, 3.8) is 0 Å². The molecule has 5 nitrogen and oxygen atoms in total. The molecule has 5 aliphatic rings. The first-order chi connectivity index (χ1) is 12.5. The maximum absolute atomic E-state index is 12.9. The van der Waals surface area contributed by atoms with E-state index >= 15 is 0 Å². The summed E-state index contributed by atoms with van der Waals surface area (Å²) in [6.07, 6.45) is 5.39. The number of carbonyl (C=O) groups is 3. The second-order valence-electron chi connectivity index (χ2n) is 7.88. The highest BCUT2D eigenvalue weighted by Crippen LogP contribution is 2.65. The molecule has 2 bridgehead atoms. The molecular weight excluding hydrogens is 352 g/mol. The number of nitrogens with zero attached hydrogens (tertiary/aromatic N) is 1. The summed E-state index contributed by atoms with van der Waals surface area (Å²) in [5.74, 6) is 0.219. The summed E-state index contributed by atoms with van der Waals surface area (Å²) in [4.78, 5) is 39.4. The first-order valence-corrected chi connectivity index (χ1v) is 9.43. The Morgan fingerprint density at radius 2 is 1.77 bits per heavy atom. The smallest absolute Gasteiger partial charge is 0.244 e. The maximum Gasteiger partial charge on any atom is 0.244 e. The van der Waals surface area contributed by atoms with Crippen molar-refractivity contribution >= 4 is 35.0 Å². The van der Waals surface area contributed by atoms with Gasteiger partial charge in [-0.25, -0.2) is 0 Å². The van der Waals surface area contributed by atoms with Crippen molar-refractivity contribution in [2.75, 3.05) is 11.9 Å². The Labute approximate surface area is 156 Å².